The van der Waals surface area contributed by atoms with E-state index in [9.17, 15) is 39.6 Å². The van der Waals surface area contributed by atoms with Crippen LogP contribution in [-0.2, 0) is 47.6 Å². The van der Waals surface area contributed by atoms with Crippen LogP contribution < -0.4 is 139 Å². The summed E-state index contributed by atoms with van der Waals surface area (Å²) in [6, 6.07) is 0. The molecule has 0 bridgehead atoms. The average Bonchev–Trinajstić information content (AvgIpc) is 2.98. The Bertz CT molecular complexity index is 859. The number of carbonyl (C=O) groups excluding carboxylic acids is 4. The molecule has 0 aromatic heterocycles. The van der Waals surface area contributed by atoms with Crippen molar-refractivity contribution < 1.29 is 186 Å². The molecule has 0 spiro atoms. The number of carbonyl (C=O) groups is 4. The number of carboxylic acid groups (broad SMARTS) is 4. The Labute approximate surface area is 394 Å². The van der Waals surface area contributed by atoms with Gasteiger partial charge in [-0.2, -0.15) is 47.0 Å². The molecule has 1 aliphatic rings. The monoisotopic (exact) mass is 810 g/mol. The van der Waals surface area contributed by atoms with Crippen molar-refractivity contribution in [3.63, 3.8) is 0 Å². The van der Waals surface area contributed by atoms with Crippen molar-refractivity contribution in [1.29, 1.82) is 0 Å². The van der Waals surface area contributed by atoms with Crippen LogP contribution in [0.15, 0.2) is 0 Å². The largest absolute Gasteiger partial charge is 1.00 e. The zero-order chi connectivity index (χ0) is 33.3. The molecule has 0 aliphatic carbocycles. The van der Waals surface area contributed by atoms with Gasteiger partial charge in [0.1, 0.15) is 24.4 Å². The van der Waals surface area contributed by atoms with Crippen LogP contribution in [0, 0.1) is 0 Å². The first kappa shape index (κ1) is 58.7. The molecule has 1 saturated heterocycles. The van der Waals surface area contributed by atoms with Gasteiger partial charge in [0.15, 0.2) is 6.29 Å². The second kappa shape index (κ2) is 39.3. The van der Waals surface area contributed by atoms with Crippen LogP contribution in [0.2, 0.25) is 0 Å². The fraction of sp³-hybridized carbons (Fsp3) is 0.852. The Hall–Kier alpha value is 3.04. The molecule has 49 heavy (non-hydrogen) atoms. The van der Waals surface area contributed by atoms with E-state index in [4.69, 9.17) is 28.4 Å². The number of ether oxygens (including phenoxy) is 6. The number of hydrogen-bond acceptors (Lipinski definition) is 18. The zero-order valence-electron chi connectivity index (χ0n) is 29.3. The van der Waals surface area contributed by atoms with Gasteiger partial charge in [0.05, 0.1) is 30.5 Å². The Morgan fingerprint density at radius 3 is 1.27 bits per heavy atom. The molecule has 0 saturated carbocycles. The molecule has 22 heteroatoms. The van der Waals surface area contributed by atoms with Crippen LogP contribution >= 0.6 is 47.0 Å². The summed E-state index contributed by atoms with van der Waals surface area (Å²) in [7, 11) is 1.46. The summed E-state index contributed by atoms with van der Waals surface area (Å²) in [4.78, 5) is 42.7. The Morgan fingerprint density at radius 2 is 0.898 bits per heavy atom. The molecule has 262 valence electrons. The van der Waals surface area contributed by atoms with E-state index < -0.39 is 54.6 Å². The fourth-order valence-corrected chi connectivity index (χ4v) is 6.53. The van der Waals surface area contributed by atoms with Crippen LogP contribution in [0.5, 0.6) is 0 Å². The molecule has 1 rings (SSSR count). The van der Waals surface area contributed by atoms with Gasteiger partial charge in [0.2, 0.25) is 0 Å². The van der Waals surface area contributed by atoms with E-state index in [1.54, 1.807) is 0 Å². The van der Waals surface area contributed by atoms with Gasteiger partial charge in [-0.3, -0.25) is 0 Å². The normalized spacial score (nSPS) is 19.7. The maximum absolute atomic E-state index is 10.7. The molecular formula is C27H42Na4O14S4. The molecule has 0 amide bonds. The SMILES string of the molecule is COC1OC(COCCCSCC(=O)[O-])C(OCCCSCC(=O)[O-])C(OCCCSCC(=O)[O-])C1OCCCSCC(=O)[O-].[Na+].[Na+].[Na+].[Na+]. The van der Waals surface area contributed by atoms with Gasteiger partial charge in [-0.25, -0.2) is 0 Å². The van der Waals surface area contributed by atoms with E-state index in [1.165, 1.54) is 54.2 Å². The van der Waals surface area contributed by atoms with Crippen LogP contribution in [0.4, 0.5) is 0 Å². The summed E-state index contributed by atoms with van der Waals surface area (Å²) in [5.41, 5.74) is 0. The van der Waals surface area contributed by atoms with Crippen molar-refractivity contribution in [2.24, 2.45) is 0 Å². The molecule has 14 nitrogen and oxygen atoms in total. The number of rotatable bonds is 30. The Morgan fingerprint density at radius 1 is 0.551 bits per heavy atom. The third-order valence-electron chi connectivity index (χ3n) is 5.79. The van der Waals surface area contributed by atoms with Gasteiger partial charge in [0, 0.05) is 56.5 Å². The number of aliphatic carboxylic acids is 4. The molecule has 0 aromatic rings. The maximum atomic E-state index is 10.7. The second-order valence-corrected chi connectivity index (χ2v) is 13.9. The van der Waals surface area contributed by atoms with Gasteiger partial charge in [0.25, 0.3) is 0 Å². The zero-order valence-corrected chi connectivity index (χ0v) is 40.5. The minimum atomic E-state index is -1.15. The smallest absolute Gasteiger partial charge is 0.549 e. The molecule has 5 atom stereocenters. The van der Waals surface area contributed by atoms with Crippen molar-refractivity contribution in [3.8, 4) is 0 Å². The topological polar surface area (TPSA) is 216 Å². The first-order chi connectivity index (χ1) is 21.6. The van der Waals surface area contributed by atoms with Crippen molar-refractivity contribution in [3.05, 3.63) is 0 Å². The standard InChI is InChI=1S/C27H46O14S4.4Na/c1-36-27-26(40-9-5-13-45-18-23(34)35)25(39-8-4-12-44-17-22(32)33)24(38-7-3-11-43-16-21(30)31)19(41-27)14-37-6-2-10-42-15-20(28)29;;;;/h19,24-27H,2-18H2,1H3,(H,28,29)(H,30,31)(H,32,33)(H,34,35);;;;/q;4*+1/p-4. The van der Waals surface area contributed by atoms with Gasteiger partial charge >= 0.3 is 118 Å². The van der Waals surface area contributed by atoms with E-state index in [2.05, 4.69) is 0 Å². The molecular weight excluding hydrogens is 769 g/mol. The Kier molecular flexibility index (Phi) is 47.1. The first-order valence-electron chi connectivity index (χ1n) is 14.4. The molecule has 1 heterocycles. The van der Waals surface area contributed by atoms with E-state index in [1.807, 2.05) is 0 Å². The van der Waals surface area contributed by atoms with Crippen LogP contribution in [0.3, 0.4) is 0 Å². The van der Waals surface area contributed by atoms with E-state index in [-0.39, 0.29) is 168 Å². The Balaban J connectivity index is -0.00000253. The molecule has 5 unspecified atom stereocenters. The minimum Gasteiger partial charge on any atom is -0.549 e. The van der Waals surface area contributed by atoms with Crippen molar-refractivity contribution >= 4 is 70.9 Å². The van der Waals surface area contributed by atoms with Crippen molar-refractivity contribution in [2.45, 2.75) is 56.4 Å². The molecule has 1 fully saturated rings. The van der Waals surface area contributed by atoms with E-state index >= 15 is 0 Å². The van der Waals surface area contributed by atoms with Gasteiger partial charge in [-0.05, 0) is 48.7 Å². The summed E-state index contributed by atoms with van der Waals surface area (Å²) in [6.45, 7) is 1.23. The van der Waals surface area contributed by atoms with Crippen LogP contribution in [0.25, 0.3) is 0 Å². The average molecular weight is 811 g/mol. The van der Waals surface area contributed by atoms with E-state index in [0.717, 1.165) is 0 Å². The molecule has 0 aromatic carbocycles. The number of methoxy groups -OCH3 is 1. The second-order valence-electron chi connectivity index (χ2n) is 9.47. The third-order valence-corrected chi connectivity index (χ3v) is 9.86. The van der Waals surface area contributed by atoms with Gasteiger partial charge in [-0.15, -0.1) is 0 Å². The van der Waals surface area contributed by atoms with Crippen LogP contribution in [-0.4, -0.2) is 141 Å². The number of hydrogen-bond donors (Lipinski definition) is 0. The number of carboxylic acids is 4. The predicted octanol–water partition coefficient (Wildman–Crippen LogP) is -15.0. The molecule has 0 N–H and O–H groups in total. The van der Waals surface area contributed by atoms with Crippen molar-refractivity contribution in [1.82, 2.24) is 0 Å². The van der Waals surface area contributed by atoms with Crippen molar-refractivity contribution in [2.75, 3.05) is 86.2 Å². The predicted molar refractivity (Wildman–Crippen MR) is 164 cm³/mol. The van der Waals surface area contributed by atoms with Gasteiger partial charge < -0.3 is 68.0 Å². The minimum absolute atomic E-state index is 0. The van der Waals surface area contributed by atoms with Gasteiger partial charge in [-0.1, -0.05) is 0 Å². The summed E-state index contributed by atoms with van der Waals surface area (Å²) < 4.78 is 36.4. The van der Waals surface area contributed by atoms with E-state index in [0.29, 0.717) is 55.3 Å². The fourth-order valence-electron chi connectivity index (χ4n) is 4.00. The first-order valence-corrected chi connectivity index (χ1v) is 19.0. The quantitative estimate of drug-likeness (QED) is 0.0486. The number of thioether (sulfide) groups is 4. The summed E-state index contributed by atoms with van der Waals surface area (Å²) in [5.74, 6) is -2.89. The summed E-state index contributed by atoms with van der Waals surface area (Å²) >= 11 is 4.88. The summed E-state index contributed by atoms with van der Waals surface area (Å²) in [5, 5.41) is 42.7. The van der Waals surface area contributed by atoms with Crippen LogP contribution in [0.1, 0.15) is 25.7 Å². The summed E-state index contributed by atoms with van der Waals surface area (Å²) in [6.07, 6.45) is -1.37. The molecule has 0 radical (unpaired) electrons. The maximum Gasteiger partial charge on any atom is 1.00 e. The third kappa shape index (κ3) is 31.9. The molecule has 1 aliphatic heterocycles.